The third-order valence-corrected chi connectivity index (χ3v) is 0. The number of hydrogen-bond donors (Lipinski definition) is 0. The number of rotatable bonds is 0. The molecule has 0 bridgehead atoms. The fraction of sp³-hybridized carbons (Fsp3) is 0. The maximum Gasteiger partial charge on any atom is 3.00 e. The van der Waals surface area contributed by atoms with Crippen LogP contribution in [0, 0.1) is 0 Å². The molecule has 0 amide bonds. The van der Waals surface area contributed by atoms with Crippen LogP contribution in [0.4, 0.5) is 0 Å². The van der Waals surface area contributed by atoms with E-state index in [4.69, 9.17) is 19.2 Å². The van der Waals surface area contributed by atoms with Crippen LogP contribution in [0.1, 0.15) is 0 Å². The van der Waals surface area contributed by atoms with Gasteiger partial charge < -0.3 is 61.1 Å². The Morgan fingerprint density at radius 2 is 0.538 bits per heavy atom. The molecule has 0 aromatic heterocycles. The summed E-state index contributed by atoms with van der Waals surface area (Å²) in [5.74, 6) is 0. The van der Waals surface area contributed by atoms with E-state index in [9.17, 15) is 0 Å². The summed E-state index contributed by atoms with van der Waals surface area (Å²) in [5, 5.41) is 0. The van der Waals surface area contributed by atoms with Gasteiger partial charge >= 0.3 is 34.7 Å². The molecule has 0 fully saturated rings. The van der Waals surface area contributed by atoms with Gasteiger partial charge in [0.2, 0.25) is 0 Å². The third kappa shape index (κ3) is 1960. The van der Waals surface area contributed by atoms with E-state index in [2.05, 4.69) is 0 Å². The maximum atomic E-state index is 8.58. The van der Waals surface area contributed by atoms with Crippen LogP contribution in [0.15, 0.2) is 0 Å². The Labute approximate surface area is 96.1 Å². The van der Waals surface area contributed by atoms with Crippen molar-refractivity contribution in [2.45, 2.75) is 0 Å². The van der Waals surface area contributed by atoms with Gasteiger partial charge in [-0.2, -0.15) is 0 Å². The van der Waals surface area contributed by atoms with E-state index < -0.39 is 9.05 Å². The maximum absolute atomic E-state index is 8.58. The Morgan fingerprint density at radius 1 is 0.538 bits per heavy atom. The van der Waals surface area contributed by atoms with Gasteiger partial charge in [0.15, 0.2) is 0 Å². The van der Waals surface area contributed by atoms with Crippen molar-refractivity contribution >= 4 is 43.8 Å². The molecule has 0 rings (SSSR count). The SMILES string of the molecule is O.O.O.O.O.[Al+3].[Al+3].[O-2].[O-][Si]([O-])([O-])[O-]. The first-order valence-electron chi connectivity index (χ1n) is 0.816. The van der Waals surface area contributed by atoms with Crippen molar-refractivity contribution in [1.29, 1.82) is 0 Å². The first kappa shape index (κ1) is 96.7. The molecular weight excluding hydrogens is 242 g/mol. The van der Waals surface area contributed by atoms with E-state index in [1.54, 1.807) is 0 Å². The molecule has 10 nitrogen and oxygen atoms in total. The first-order chi connectivity index (χ1) is 2.00. The van der Waals surface area contributed by atoms with Crippen molar-refractivity contribution in [3.05, 3.63) is 0 Å². The Balaban J connectivity index is -0.00000000286. The minimum absolute atomic E-state index is 0. The average Bonchev–Trinajstić information content (AvgIpc) is 0.722. The molecule has 0 radical (unpaired) electrons. The van der Waals surface area contributed by atoms with Gasteiger partial charge in [-0.3, -0.25) is 0 Å². The fourth-order valence-corrected chi connectivity index (χ4v) is 0. The summed E-state index contributed by atoms with van der Waals surface area (Å²) in [7, 11) is -5.61. The van der Waals surface area contributed by atoms with E-state index in [-0.39, 0.29) is 67.6 Å². The quantitative estimate of drug-likeness (QED) is 0.379. The predicted octanol–water partition coefficient (Wildman–Crippen LogP) is -10.1. The van der Waals surface area contributed by atoms with E-state index in [1.165, 1.54) is 0 Å². The van der Waals surface area contributed by atoms with Crippen LogP contribution < -0.4 is 19.2 Å². The molecule has 0 aliphatic carbocycles. The molecule has 13 heavy (non-hydrogen) atoms. The van der Waals surface area contributed by atoms with Crippen LogP contribution in [-0.4, -0.2) is 71.2 Å². The monoisotopic (exact) mass is 252 g/mol. The largest absolute Gasteiger partial charge is 3.00 e. The van der Waals surface area contributed by atoms with Crippen LogP contribution in [0.5, 0.6) is 0 Å². The molecular formula is H10Al2O10Si. The molecule has 13 heteroatoms. The number of hydrogen-bond acceptors (Lipinski definition) is 4. The zero-order chi connectivity index (χ0) is 4.50. The molecule has 0 heterocycles. The van der Waals surface area contributed by atoms with Crippen molar-refractivity contribution in [3.8, 4) is 0 Å². The molecule has 0 aliphatic rings. The van der Waals surface area contributed by atoms with Gasteiger partial charge in [-0.1, -0.05) is 0 Å². The average molecular weight is 252 g/mol. The van der Waals surface area contributed by atoms with Gasteiger partial charge in [0, 0.05) is 0 Å². The predicted molar refractivity (Wildman–Crippen MR) is 36.0 cm³/mol. The van der Waals surface area contributed by atoms with E-state index in [0.717, 1.165) is 0 Å². The standard InChI is InChI=1S/2Al.O4Si.5H2O.O/c;;1-5(2,3)4;;;;;;/h;;;5*1H2;/q2*+3;-4;;;;;;-2. The smallest absolute Gasteiger partial charge is 2.00 e. The summed E-state index contributed by atoms with van der Waals surface area (Å²) in [6, 6.07) is 0. The molecule has 0 spiro atoms. The van der Waals surface area contributed by atoms with Gasteiger partial charge in [0.1, 0.15) is 0 Å². The van der Waals surface area contributed by atoms with Crippen molar-refractivity contribution in [2.75, 3.05) is 0 Å². The second kappa shape index (κ2) is 38.4. The van der Waals surface area contributed by atoms with Crippen molar-refractivity contribution in [1.82, 2.24) is 0 Å². The zero-order valence-electron chi connectivity index (χ0n) is 6.20. The molecule has 10 N–H and O–H groups in total. The van der Waals surface area contributed by atoms with Crippen LogP contribution in [0.3, 0.4) is 0 Å². The van der Waals surface area contributed by atoms with Crippen molar-refractivity contribution < 1.29 is 52.0 Å². The van der Waals surface area contributed by atoms with E-state index >= 15 is 0 Å². The summed E-state index contributed by atoms with van der Waals surface area (Å²) >= 11 is 0. The van der Waals surface area contributed by atoms with Crippen LogP contribution in [-0.2, 0) is 5.48 Å². The molecule has 0 aromatic carbocycles. The van der Waals surface area contributed by atoms with E-state index in [0.29, 0.717) is 0 Å². The summed E-state index contributed by atoms with van der Waals surface area (Å²) in [6.45, 7) is 0. The third-order valence-electron chi connectivity index (χ3n) is 0. The summed E-state index contributed by atoms with van der Waals surface area (Å²) in [6.07, 6.45) is 0. The second-order valence-corrected chi connectivity index (χ2v) is 1.50. The summed E-state index contributed by atoms with van der Waals surface area (Å²) < 4.78 is 0. The van der Waals surface area contributed by atoms with Gasteiger partial charge in [0.05, 0.1) is 0 Å². The van der Waals surface area contributed by atoms with Gasteiger partial charge in [0.25, 0.3) is 0 Å². The van der Waals surface area contributed by atoms with Gasteiger partial charge in [-0.25, -0.2) is 0 Å². The fourth-order valence-electron chi connectivity index (χ4n) is 0. The Morgan fingerprint density at radius 3 is 0.538 bits per heavy atom. The summed E-state index contributed by atoms with van der Waals surface area (Å²) in [4.78, 5) is 34.3. The Kier molecular flexibility index (Phi) is 286. The van der Waals surface area contributed by atoms with Gasteiger partial charge in [-0.05, 0) is 0 Å². The van der Waals surface area contributed by atoms with Crippen molar-refractivity contribution in [3.63, 3.8) is 0 Å². The topological polar surface area (TPSA) is 278 Å². The molecule has 0 saturated heterocycles. The summed E-state index contributed by atoms with van der Waals surface area (Å²) in [5.41, 5.74) is 0. The van der Waals surface area contributed by atoms with Crippen LogP contribution >= 0.6 is 0 Å². The van der Waals surface area contributed by atoms with Crippen molar-refractivity contribution in [2.24, 2.45) is 0 Å². The second-order valence-electron chi connectivity index (χ2n) is 0.500. The Bertz CT molecular complexity index is 28.4. The normalized spacial score (nSPS) is 4.62. The molecule has 0 unspecified atom stereocenters. The van der Waals surface area contributed by atoms with Crippen LogP contribution in [0.25, 0.3) is 0 Å². The first-order valence-corrected chi connectivity index (χ1v) is 2.45. The Hall–Kier alpha value is 0.882. The molecule has 0 saturated carbocycles. The molecule has 0 aliphatic heterocycles. The minimum atomic E-state index is -5.61. The van der Waals surface area contributed by atoms with Crippen LogP contribution in [0.2, 0.25) is 0 Å². The zero-order valence-corrected chi connectivity index (χ0v) is 9.51. The van der Waals surface area contributed by atoms with Gasteiger partial charge in [-0.15, -0.1) is 0 Å². The molecule has 80 valence electrons. The molecule has 0 aromatic rings. The molecule has 0 atom stereocenters. The van der Waals surface area contributed by atoms with E-state index in [1.807, 2.05) is 0 Å². The minimum Gasteiger partial charge on any atom is -2.00 e.